The lowest BCUT2D eigenvalue weighted by molar-refractivity contribution is -0.137. The van der Waals surface area contributed by atoms with Crippen molar-refractivity contribution in [3.8, 4) is 28.4 Å². The van der Waals surface area contributed by atoms with Crippen LogP contribution in [0.25, 0.3) is 11.1 Å². The largest absolute Gasteiger partial charge is 0.483 e. The summed E-state index contributed by atoms with van der Waals surface area (Å²) in [5.74, 6) is 2.11. The Morgan fingerprint density at radius 3 is 2.73 bits per heavy atom. The van der Waals surface area contributed by atoms with Crippen LogP contribution in [0.1, 0.15) is 47.8 Å². The normalized spacial score (nSPS) is 16.3. The first-order valence-corrected chi connectivity index (χ1v) is 13.9. The average Bonchev–Trinajstić information content (AvgIpc) is 3.64. The van der Waals surface area contributed by atoms with Gasteiger partial charge < -0.3 is 19.1 Å². The van der Waals surface area contributed by atoms with Crippen molar-refractivity contribution < 1.29 is 23.6 Å². The minimum Gasteiger partial charge on any atom is -0.483 e. The van der Waals surface area contributed by atoms with Crippen molar-refractivity contribution in [2.45, 2.75) is 45.3 Å². The maximum atomic E-state index is 13.5. The number of hydrogen-bond acceptors (Lipinski definition) is 9. The molecule has 10 heteroatoms. The Kier molecular flexibility index (Phi) is 7.82. The van der Waals surface area contributed by atoms with Gasteiger partial charge in [-0.3, -0.25) is 14.7 Å². The van der Waals surface area contributed by atoms with Crippen LogP contribution >= 0.6 is 0 Å². The molecule has 0 N–H and O–H groups in total. The lowest BCUT2D eigenvalue weighted by Crippen LogP contribution is -2.41. The Hall–Kier alpha value is -4.44. The molecule has 1 unspecified atom stereocenters. The second-order valence-electron chi connectivity index (χ2n) is 10.5. The van der Waals surface area contributed by atoms with Gasteiger partial charge in [0, 0.05) is 37.6 Å². The first-order valence-electron chi connectivity index (χ1n) is 13.9. The van der Waals surface area contributed by atoms with Crippen molar-refractivity contribution in [1.29, 1.82) is 0 Å². The molecule has 1 amide bonds. The Bertz CT molecular complexity index is 1510. The molecule has 0 radical (unpaired) electrons. The van der Waals surface area contributed by atoms with Crippen molar-refractivity contribution in [3.63, 3.8) is 0 Å². The second kappa shape index (κ2) is 12.0. The summed E-state index contributed by atoms with van der Waals surface area (Å²) in [5, 5.41) is 7.91. The molecule has 0 aliphatic carbocycles. The molecule has 2 aliphatic heterocycles. The number of aromatic nitrogens is 3. The van der Waals surface area contributed by atoms with E-state index in [0.717, 1.165) is 64.4 Å². The number of amides is 1. The van der Waals surface area contributed by atoms with Gasteiger partial charge in [-0.05, 0) is 80.3 Å². The summed E-state index contributed by atoms with van der Waals surface area (Å²) in [6.45, 7) is 3.90. The van der Waals surface area contributed by atoms with Crippen LogP contribution in [0, 0.1) is 6.92 Å². The zero-order chi connectivity index (χ0) is 28.2. The second-order valence-corrected chi connectivity index (χ2v) is 10.5. The number of nitrogens with zero attached hydrogens (tertiary/aromatic N) is 5. The number of fused-ring (bicyclic) bond motifs is 1. The third-order valence-corrected chi connectivity index (χ3v) is 7.62. The van der Waals surface area contributed by atoms with Crippen LogP contribution in [0.3, 0.4) is 0 Å². The van der Waals surface area contributed by atoms with Crippen molar-refractivity contribution in [3.05, 3.63) is 83.4 Å². The average molecular weight is 556 g/mol. The number of carbonyl (C=O) groups excluding carboxylic acids is 1. The Morgan fingerprint density at radius 1 is 1.05 bits per heavy atom. The van der Waals surface area contributed by atoms with Crippen LogP contribution in [0.15, 0.2) is 65.6 Å². The fourth-order valence-electron chi connectivity index (χ4n) is 5.47. The number of rotatable bonds is 9. The van der Waals surface area contributed by atoms with Gasteiger partial charge in [0.2, 0.25) is 6.79 Å². The highest BCUT2D eigenvalue weighted by molar-refractivity contribution is 5.78. The predicted octanol–water partition coefficient (Wildman–Crippen LogP) is 4.93. The topological polar surface area (TPSA) is 103 Å². The number of pyridine rings is 1. The number of ether oxygens (including phenoxy) is 3. The fraction of sp³-hybridized carbons (Fsp3) is 0.355. The number of benzene rings is 2. The van der Waals surface area contributed by atoms with Gasteiger partial charge in [0.1, 0.15) is 17.1 Å². The summed E-state index contributed by atoms with van der Waals surface area (Å²) in [4.78, 5) is 21.8. The molecule has 1 atom stereocenters. The molecule has 10 nitrogen and oxygen atoms in total. The van der Waals surface area contributed by atoms with Crippen LogP contribution in [-0.2, 0) is 17.9 Å². The zero-order valence-corrected chi connectivity index (χ0v) is 23.3. The monoisotopic (exact) mass is 555 g/mol. The predicted molar refractivity (Wildman–Crippen MR) is 150 cm³/mol. The first-order chi connectivity index (χ1) is 20.0. The molecule has 4 aromatic rings. The summed E-state index contributed by atoms with van der Waals surface area (Å²) in [6, 6.07) is 15.9. The van der Waals surface area contributed by atoms with E-state index in [1.54, 1.807) is 6.20 Å². The van der Waals surface area contributed by atoms with Gasteiger partial charge in [-0.2, -0.15) is 0 Å². The van der Waals surface area contributed by atoms with E-state index in [9.17, 15) is 4.79 Å². The highest BCUT2D eigenvalue weighted by Gasteiger charge is 2.28. The van der Waals surface area contributed by atoms with Crippen molar-refractivity contribution in [1.82, 2.24) is 25.1 Å². The molecule has 2 aromatic heterocycles. The highest BCUT2D eigenvalue weighted by atomic mass is 16.7. The quantitative estimate of drug-likeness (QED) is 0.284. The van der Waals surface area contributed by atoms with Crippen LogP contribution in [-0.4, -0.2) is 58.0 Å². The lowest BCUT2D eigenvalue weighted by atomic mass is 9.96. The molecular weight excluding hydrogens is 522 g/mol. The molecule has 0 bridgehead atoms. The summed E-state index contributed by atoms with van der Waals surface area (Å²) in [7, 11) is 2.00. The highest BCUT2D eigenvalue weighted by Crippen LogP contribution is 2.37. The first kappa shape index (κ1) is 26.8. The van der Waals surface area contributed by atoms with Crippen molar-refractivity contribution >= 4 is 5.91 Å². The zero-order valence-electron chi connectivity index (χ0n) is 23.3. The van der Waals surface area contributed by atoms with Gasteiger partial charge in [0.25, 0.3) is 5.91 Å². The molecular formula is C31H33N5O5. The van der Waals surface area contributed by atoms with Crippen LogP contribution in [0.4, 0.5) is 0 Å². The standard InChI is InChI=1S/C31H33N5O5/c1-21-26(34-41-33-21)18-35(2)17-25-14-22(23-9-11-29-30(15-23)40-20-39-29)8-10-28(25)38-19-31(37)36-13-4-3-7-27(36)24-6-5-12-32-16-24/h5-6,8-12,14-16,27H,3-4,7,13,17-20H2,1-2H3. The van der Waals surface area contributed by atoms with E-state index in [-0.39, 0.29) is 25.3 Å². The van der Waals surface area contributed by atoms with E-state index in [1.807, 2.05) is 67.5 Å². The van der Waals surface area contributed by atoms with Crippen LogP contribution < -0.4 is 14.2 Å². The number of carbonyl (C=O) groups is 1. The summed E-state index contributed by atoms with van der Waals surface area (Å²) < 4.78 is 22.2. The Labute approximate surface area is 238 Å². The maximum Gasteiger partial charge on any atom is 0.261 e. The van der Waals surface area contributed by atoms with Gasteiger partial charge in [-0.25, -0.2) is 4.63 Å². The third kappa shape index (κ3) is 6.02. The molecule has 1 saturated heterocycles. The maximum absolute atomic E-state index is 13.5. The number of aryl methyl sites for hydroxylation is 1. The molecule has 2 aromatic carbocycles. The van der Waals surface area contributed by atoms with Gasteiger partial charge in [0.05, 0.1) is 6.04 Å². The summed E-state index contributed by atoms with van der Waals surface area (Å²) in [5.41, 5.74) is 5.57. The van der Waals surface area contributed by atoms with Crippen molar-refractivity contribution in [2.24, 2.45) is 0 Å². The molecule has 0 saturated carbocycles. The molecule has 2 aliphatic rings. The van der Waals surface area contributed by atoms with E-state index >= 15 is 0 Å². The molecule has 6 rings (SSSR count). The van der Waals surface area contributed by atoms with E-state index in [4.69, 9.17) is 18.8 Å². The summed E-state index contributed by atoms with van der Waals surface area (Å²) in [6.07, 6.45) is 6.61. The minimum absolute atomic E-state index is 0.0202. The van der Waals surface area contributed by atoms with Gasteiger partial charge >= 0.3 is 0 Å². The molecule has 212 valence electrons. The lowest BCUT2D eigenvalue weighted by Gasteiger charge is -2.36. The van der Waals surface area contributed by atoms with Gasteiger partial charge in [0.15, 0.2) is 18.1 Å². The molecule has 4 heterocycles. The Balaban J connectivity index is 1.22. The molecule has 41 heavy (non-hydrogen) atoms. The van der Waals surface area contributed by atoms with E-state index in [2.05, 4.69) is 26.3 Å². The van der Waals surface area contributed by atoms with Crippen molar-refractivity contribution in [2.75, 3.05) is 27.0 Å². The van der Waals surface area contributed by atoms with E-state index in [1.165, 1.54) is 0 Å². The third-order valence-electron chi connectivity index (χ3n) is 7.62. The summed E-state index contributed by atoms with van der Waals surface area (Å²) >= 11 is 0. The number of likely N-dealkylation sites (tertiary alicyclic amines) is 1. The van der Waals surface area contributed by atoms with Gasteiger partial charge in [-0.15, -0.1) is 0 Å². The fourth-order valence-corrected chi connectivity index (χ4v) is 5.47. The number of hydrogen-bond donors (Lipinski definition) is 0. The number of piperidine rings is 1. The molecule has 1 fully saturated rings. The Morgan fingerprint density at radius 2 is 1.90 bits per heavy atom. The molecule has 0 spiro atoms. The van der Waals surface area contributed by atoms with Crippen LogP contribution in [0.2, 0.25) is 0 Å². The smallest absolute Gasteiger partial charge is 0.261 e. The SMILES string of the molecule is Cc1nonc1CN(C)Cc1cc(-c2ccc3c(c2)OCO3)ccc1OCC(=O)N1CCCCC1c1cccnc1. The van der Waals surface area contributed by atoms with E-state index < -0.39 is 0 Å². The van der Waals surface area contributed by atoms with E-state index in [0.29, 0.717) is 25.4 Å². The van der Waals surface area contributed by atoms with Gasteiger partial charge in [-0.1, -0.05) is 28.5 Å². The minimum atomic E-state index is -0.0385. The van der Waals surface area contributed by atoms with Crippen LogP contribution in [0.5, 0.6) is 17.2 Å².